The van der Waals surface area contributed by atoms with E-state index in [9.17, 15) is 4.79 Å². The summed E-state index contributed by atoms with van der Waals surface area (Å²) < 4.78 is 7.67. The molecule has 2 aromatic rings. The number of fused-ring (bicyclic) bond motifs is 1. The van der Waals surface area contributed by atoms with E-state index in [-0.39, 0.29) is 17.4 Å². The van der Waals surface area contributed by atoms with Crippen molar-refractivity contribution in [2.75, 3.05) is 13.2 Å². The number of nitrogens with zero attached hydrogens (tertiary/aromatic N) is 4. The zero-order valence-corrected chi connectivity index (χ0v) is 14.8. The smallest absolute Gasteiger partial charge is 0.225 e. The number of amides is 1. The number of carbonyl (C=O) groups is 1. The Balaban J connectivity index is 1.43. The number of benzene rings is 1. The fourth-order valence-electron chi connectivity index (χ4n) is 3.73. The van der Waals surface area contributed by atoms with E-state index in [4.69, 9.17) is 4.74 Å². The highest BCUT2D eigenvalue weighted by molar-refractivity contribution is 5.77. The van der Waals surface area contributed by atoms with Gasteiger partial charge in [-0.05, 0) is 24.0 Å². The summed E-state index contributed by atoms with van der Waals surface area (Å²) in [6, 6.07) is 10.0. The third-order valence-electron chi connectivity index (χ3n) is 5.05. The lowest BCUT2D eigenvalue weighted by Crippen LogP contribution is -2.38. The minimum Gasteiger partial charge on any atom is -0.377 e. The first-order valence-corrected chi connectivity index (χ1v) is 8.90. The summed E-state index contributed by atoms with van der Waals surface area (Å²) in [6.45, 7) is 6.36. The highest BCUT2D eigenvalue weighted by atomic mass is 16.5. The van der Waals surface area contributed by atoms with E-state index in [1.54, 1.807) is 0 Å². The van der Waals surface area contributed by atoms with E-state index in [1.165, 1.54) is 0 Å². The molecule has 4 rings (SSSR count). The zero-order valence-electron chi connectivity index (χ0n) is 14.8. The lowest BCUT2D eigenvalue weighted by molar-refractivity contribution is -0.134. The molecule has 132 valence electrons. The van der Waals surface area contributed by atoms with E-state index in [0.29, 0.717) is 19.5 Å². The van der Waals surface area contributed by atoms with Crippen LogP contribution in [-0.4, -0.2) is 45.1 Å². The van der Waals surface area contributed by atoms with E-state index in [1.807, 2.05) is 39.9 Å². The fourth-order valence-corrected chi connectivity index (χ4v) is 3.73. The van der Waals surface area contributed by atoms with Gasteiger partial charge in [-0.2, -0.15) is 0 Å². The molecular weight excluding hydrogens is 316 g/mol. The first kappa shape index (κ1) is 16.3. The van der Waals surface area contributed by atoms with Gasteiger partial charge in [0.25, 0.3) is 0 Å². The van der Waals surface area contributed by atoms with Crippen LogP contribution in [0.4, 0.5) is 0 Å². The summed E-state index contributed by atoms with van der Waals surface area (Å²) in [6.07, 6.45) is 2.23. The average Bonchev–Trinajstić information content (AvgIpc) is 3.17. The summed E-state index contributed by atoms with van der Waals surface area (Å²) >= 11 is 0. The lowest BCUT2D eigenvalue weighted by Gasteiger charge is -2.27. The van der Waals surface area contributed by atoms with E-state index in [0.717, 1.165) is 36.5 Å². The molecule has 1 aromatic heterocycles. The van der Waals surface area contributed by atoms with Gasteiger partial charge in [0.1, 0.15) is 5.69 Å². The van der Waals surface area contributed by atoms with Crippen LogP contribution >= 0.6 is 0 Å². The zero-order chi connectivity index (χ0) is 17.4. The third kappa shape index (κ3) is 3.31. The number of ether oxygens (including phenoxy) is 1. The number of para-hydroxylation sites is 1. The van der Waals surface area contributed by atoms with Crippen LogP contribution in [0.2, 0.25) is 0 Å². The van der Waals surface area contributed by atoms with Gasteiger partial charge in [-0.25, -0.2) is 4.68 Å². The second-order valence-electron chi connectivity index (χ2n) is 7.80. The molecule has 0 aliphatic carbocycles. The van der Waals surface area contributed by atoms with Crippen molar-refractivity contribution >= 4 is 5.91 Å². The standard InChI is InChI=1S/C19H24N4O2/c1-19(2)11-15(25-13-19)10-18(24)22-9-8-17-16(12-22)20-21-23(17)14-6-4-3-5-7-14/h3-7,15H,8-13H2,1-2H3. The maximum absolute atomic E-state index is 12.6. The van der Waals surface area contributed by atoms with Crippen LogP contribution in [-0.2, 0) is 22.5 Å². The SMILES string of the molecule is CC1(C)COC(CC(=O)N2CCc3c(nnn3-c3ccccc3)C2)C1. The number of hydrogen-bond donors (Lipinski definition) is 0. The van der Waals surface area contributed by atoms with Crippen molar-refractivity contribution < 1.29 is 9.53 Å². The largest absolute Gasteiger partial charge is 0.377 e. The molecule has 0 spiro atoms. The molecule has 6 nitrogen and oxygen atoms in total. The summed E-state index contributed by atoms with van der Waals surface area (Å²) in [4.78, 5) is 14.5. The predicted octanol–water partition coefficient (Wildman–Crippen LogP) is 2.36. The molecule has 0 N–H and O–H groups in total. The maximum atomic E-state index is 12.6. The molecule has 1 amide bonds. The molecule has 1 atom stereocenters. The number of hydrogen-bond acceptors (Lipinski definition) is 4. The van der Waals surface area contributed by atoms with Crippen molar-refractivity contribution in [1.82, 2.24) is 19.9 Å². The van der Waals surface area contributed by atoms with Gasteiger partial charge in [-0.15, -0.1) is 5.10 Å². The van der Waals surface area contributed by atoms with E-state index < -0.39 is 0 Å². The molecule has 6 heteroatoms. The molecule has 1 saturated heterocycles. The van der Waals surface area contributed by atoms with Crippen molar-refractivity contribution in [3.63, 3.8) is 0 Å². The Morgan fingerprint density at radius 1 is 1.32 bits per heavy atom. The van der Waals surface area contributed by atoms with Gasteiger partial charge in [-0.1, -0.05) is 37.3 Å². The summed E-state index contributed by atoms with van der Waals surface area (Å²) in [5, 5.41) is 8.60. The molecule has 25 heavy (non-hydrogen) atoms. The molecular formula is C19H24N4O2. The quantitative estimate of drug-likeness (QED) is 0.861. The average molecular weight is 340 g/mol. The predicted molar refractivity (Wildman–Crippen MR) is 93.2 cm³/mol. The Hall–Kier alpha value is -2.21. The van der Waals surface area contributed by atoms with Gasteiger partial charge >= 0.3 is 0 Å². The van der Waals surface area contributed by atoms with Crippen LogP contribution in [0.1, 0.15) is 38.1 Å². The van der Waals surface area contributed by atoms with Crippen molar-refractivity contribution in [2.45, 2.75) is 45.8 Å². The normalized spacial score (nSPS) is 22.0. The van der Waals surface area contributed by atoms with Crippen molar-refractivity contribution in [3.8, 4) is 5.69 Å². The molecule has 0 radical (unpaired) electrons. The van der Waals surface area contributed by atoms with Crippen LogP contribution in [0.3, 0.4) is 0 Å². The fraction of sp³-hybridized carbons (Fsp3) is 0.526. The third-order valence-corrected chi connectivity index (χ3v) is 5.05. The maximum Gasteiger partial charge on any atom is 0.225 e. The van der Waals surface area contributed by atoms with Gasteiger partial charge < -0.3 is 9.64 Å². The summed E-state index contributed by atoms with van der Waals surface area (Å²) in [7, 11) is 0. The molecule has 0 saturated carbocycles. The second-order valence-corrected chi connectivity index (χ2v) is 7.80. The highest BCUT2D eigenvalue weighted by Crippen LogP contribution is 2.33. The Kier molecular flexibility index (Phi) is 4.07. The van der Waals surface area contributed by atoms with E-state index in [2.05, 4.69) is 24.2 Å². The van der Waals surface area contributed by atoms with Crippen molar-refractivity contribution in [1.29, 1.82) is 0 Å². The minimum atomic E-state index is 0.0453. The van der Waals surface area contributed by atoms with Gasteiger partial charge in [0.15, 0.2) is 0 Å². The van der Waals surface area contributed by atoms with Gasteiger partial charge in [0.05, 0.1) is 37.1 Å². The van der Waals surface area contributed by atoms with Gasteiger partial charge in [-0.3, -0.25) is 4.79 Å². The Morgan fingerprint density at radius 3 is 2.84 bits per heavy atom. The molecule has 3 heterocycles. The Labute approximate surface area is 147 Å². The number of rotatable bonds is 3. The number of carbonyl (C=O) groups excluding carboxylic acids is 1. The first-order chi connectivity index (χ1) is 12.0. The molecule has 1 fully saturated rings. The molecule has 1 unspecified atom stereocenters. The van der Waals surface area contributed by atoms with Gasteiger partial charge in [0, 0.05) is 13.0 Å². The van der Waals surface area contributed by atoms with Crippen LogP contribution in [0, 0.1) is 5.41 Å². The monoisotopic (exact) mass is 340 g/mol. The van der Waals surface area contributed by atoms with Crippen LogP contribution in [0.5, 0.6) is 0 Å². The first-order valence-electron chi connectivity index (χ1n) is 8.90. The summed E-state index contributed by atoms with van der Waals surface area (Å²) in [5.74, 6) is 0.155. The van der Waals surface area contributed by atoms with E-state index >= 15 is 0 Å². The molecule has 1 aromatic carbocycles. The Bertz CT molecular complexity index is 769. The number of aromatic nitrogens is 3. The Morgan fingerprint density at radius 2 is 2.12 bits per heavy atom. The van der Waals surface area contributed by atoms with Crippen molar-refractivity contribution in [2.24, 2.45) is 5.41 Å². The molecule has 2 aliphatic heterocycles. The lowest BCUT2D eigenvalue weighted by atomic mass is 9.90. The van der Waals surface area contributed by atoms with Crippen molar-refractivity contribution in [3.05, 3.63) is 41.7 Å². The molecule has 0 bridgehead atoms. The topological polar surface area (TPSA) is 60.2 Å². The molecule has 2 aliphatic rings. The van der Waals surface area contributed by atoms with Crippen LogP contribution in [0.25, 0.3) is 5.69 Å². The van der Waals surface area contributed by atoms with Gasteiger partial charge in [0.2, 0.25) is 5.91 Å². The second kappa shape index (κ2) is 6.26. The van der Waals surface area contributed by atoms with Crippen LogP contribution < -0.4 is 0 Å². The summed E-state index contributed by atoms with van der Waals surface area (Å²) in [5.41, 5.74) is 3.19. The highest BCUT2D eigenvalue weighted by Gasteiger charge is 2.35. The minimum absolute atomic E-state index is 0.0453. The van der Waals surface area contributed by atoms with Crippen LogP contribution in [0.15, 0.2) is 30.3 Å².